The van der Waals surface area contributed by atoms with E-state index in [9.17, 15) is 10.1 Å². The highest BCUT2D eigenvalue weighted by molar-refractivity contribution is 6.10. The molecule has 1 aromatic carbocycles. The molecule has 25 heavy (non-hydrogen) atoms. The van der Waals surface area contributed by atoms with Gasteiger partial charge in [-0.05, 0) is 24.5 Å². The van der Waals surface area contributed by atoms with Crippen LogP contribution in [0, 0.1) is 17.2 Å². The molecule has 1 aromatic rings. The Morgan fingerprint density at radius 3 is 2.80 bits per heavy atom. The van der Waals surface area contributed by atoms with Gasteiger partial charge in [0.05, 0.1) is 6.07 Å². The van der Waals surface area contributed by atoms with Crippen LogP contribution in [0.3, 0.4) is 0 Å². The molecule has 2 heterocycles. The number of carbonyl (C=O) groups excluding carboxylic acids is 1. The van der Waals surface area contributed by atoms with Crippen molar-refractivity contribution in [2.24, 2.45) is 5.92 Å². The van der Waals surface area contributed by atoms with Crippen molar-refractivity contribution in [1.82, 2.24) is 0 Å². The summed E-state index contributed by atoms with van der Waals surface area (Å²) in [5.74, 6) is -0.812. The van der Waals surface area contributed by atoms with E-state index in [1.807, 2.05) is 19.2 Å². The smallest absolute Gasteiger partial charge is 0.188 e. The maximum absolute atomic E-state index is 12.9. The number of carbonyl (C=O) groups is 1. The van der Waals surface area contributed by atoms with Crippen molar-refractivity contribution in [3.63, 3.8) is 0 Å². The minimum absolute atomic E-state index is 0.116. The van der Waals surface area contributed by atoms with E-state index >= 15 is 0 Å². The van der Waals surface area contributed by atoms with Gasteiger partial charge < -0.3 is 4.90 Å². The van der Waals surface area contributed by atoms with E-state index in [1.165, 1.54) is 5.56 Å². The average molecular weight is 336 g/mol. The fraction of sp³-hybridized carbons (Fsp3) is 0.476. The zero-order valence-corrected chi connectivity index (χ0v) is 15.3. The van der Waals surface area contributed by atoms with Gasteiger partial charge in [-0.1, -0.05) is 32.0 Å². The second-order valence-corrected chi connectivity index (χ2v) is 7.46. The number of benzene rings is 1. The number of ketones is 1. The summed E-state index contributed by atoms with van der Waals surface area (Å²) in [6, 6.07) is 10.5. The molecule has 0 unspecified atom stereocenters. The lowest BCUT2D eigenvalue weighted by Crippen LogP contribution is -2.74. The molecule has 2 aliphatic rings. The predicted molar refractivity (Wildman–Crippen MR) is 99.4 cm³/mol. The molecule has 130 valence electrons. The first-order chi connectivity index (χ1) is 12.0. The summed E-state index contributed by atoms with van der Waals surface area (Å²) >= 11 is 0. The number of para-hydroxylation sites is 1. The van der Waals surface area contributed by atoms with Crippen LogP contribution in [0.15, 0.2) is 36.0 Å². The van der Waals surface area contributed by atoms with Crippen LogP contribution in [0.5, 0.6) is 0 Å². The van der Waals surface area contributed by atoms with Crippen molar-refractivity contribution < 1.29 is 9.79 Å². The number of anilines is 1. The Bertz CT molecular complexity index is 783. The lowest BCUT2D eigenvalue weighted by Gasteiger charge is -2.24. The standard InChI is InChI=1S/C21H25N3O/c1-21(2)16-9-6-7-11-18(16)24(3)20(21)13-19(25)15(14-22)17-10-5-4-8-12-23-17/h6-7,9,11,13,15H,4-5,8,10,12H2,1-3H3/p+1/b20-13+/t15-/m1/s1. The van der Waals surface area contributed by atoms with E-state index in [4.69, 9.17) is 0 Å². The Balaban J connectivity index is 1.93. The van der Waals surface area contributed by atoms with Gasteiger partial charge in [0, 0.05) is 42.8 Å². The zero-order chi connectivity index (χ0) is 18.0. The van der Waals surface area contributed by atoms with Gasteiger partial charge in [-0.2, -0.15) is 5.26 Å². The van der Waals surface area contributed by atoms with Gasteiger partial charge in [-0.3, -0.25) is 4.79 Å². The van der Waals surface area contributed by atoms with E-state index in [2.05, 4.69) is 41.9 Å². The largest absolute Gasteiger partial charge is 0.347 e. The molecule has 0 radical (unpaired) electrons. The number of allylic oxidation sites excluding steroid dienone is 2. The maximum Gasteiger partial charge on any atom is 0.188 e. The maximum atomic E-state index is 12.9. The van der Waals surface area contributed by atoms with Crippen LogP contribution in [0.4, 0.5) is 5.69 Å². The summed E-state index contributed by atoms with van der Waals surface area (Å²) in [6.07, 6.45) is 5.79. The van der Waals surface area contributed by atoms with Crippen molar-refractivity contribution in [1.29, 1.82) is 5.26 Å². The van der Waals surface area contributed by atoms with E-state index < -0.39 is 5.92 Å². The molecular formula is C21H26N3O+. The third-order valence-electron chi connectivity index (χ3n) is 5.46. The summed E-state index contributed by atoms with van der Waals surface area (Å²) in [4.78, 5) is 18.3. The van der Waals surface area contributed by atoms with Crippen molar-refractivity contribution in [3.8, 4) is 6.07 Å². The Labute approximate surface area is 149 Å². The average Bonchev–Trinajstić information content (AvgIpc) is 2.81. The first-order valence-electron chi connectivity index (χ1n) is 9.05. The zero-order valence-electron chi connectivity index (χ0n) is 15.3. The molecule has 3 rings (SSSR count). The third-order valence-corrected chi connectivity index (χ3v) is 5.46. The van der Waals surface area contributed by atoms with Gasteiger partial charge in [0.1, 0.15) is 6.54 Å². The highest BCUT2D eigenvalue weighted by Crippen LogP contribution is 2.46. The molecule has 2 aliphatic heterocycles. The summed E-state index contributed by atoms with van der Waals surface area (Å²) < 4.78 is 0. The van der Waals surface area contributed by atoms with Gasteiger partial charge in [-0.15, -0.1) is 0 Å². The minimum Gasteiger partial charge on any atom is -0.347 e. The van der Waals surface area contributed by atoms with Crippen molar-refractivity contribution in [3.05, 3.63) is 41.6 Å². The lowest BCUT2D eigenvalue weighted by molar-refractivity contribution is -0.459. The molecule has 0 bridgehead atoms. The van der Waals surface area contributed by atoms with Crippen LogP contribution < -0.4 is 9.89 Å². The van der Waals surface area contributed by atoms with Crippen molar-refractivity contribution >= 4 is 17.2 Å². The summed E-state index contributed by atoms with van der Waals surface area (Å²) in [5.41, 5.74) is 3.93. The molecule has 0 fully saturated rings. The molecule has 0 saturated heterocycles. The highest BCUT2D eigenvalue weighted by atomic mass is 16.1. The molecular weight excluding hydrogens is 310 g/mol. The van der Waals surface area contributed by atoms with Crippen LogP contribution in [0.2, 0.25) is 0 Å². The molecule has 0 saturated carbocycles. The fourth-order valence-corrected chi connectivity index (χ4v) is 3.99. The predicted octanol–water partition coefficient (Wildman–Crippen LogP) is 2.10. The first kappa shape index (κ1) is 17.4. The van der Waals surface area contributed by atoms with E-state index in [-0.39, 0.29) is 11.2 Å². The number of nitrogens with one attached hydrogen (secondary N) is 1. The Morgan fingerprint density at radius 2 is 2.08 bits per heavy atom. The van der Waals surface area contributed by atoms with Gasteiger partial charge in [0.2, 0.25) is 0 Å². The van der Waals surface area contributed by atoms with E-state index in [0.29, 0.717) is 0 Å². The van der Waals surface area contributed by atoms with Crippen LogP contribution >= 0.6 is 0 Å². The quantitative estimate of drug-likeness (QED) is 0.860. The molecule has 0 amide bonds. The molecule has 4 nitrogen and oxygen atoms in total. The molecule has 1 atom stereocenters. The van der Waals surface area contributed by atoms with Crippen molar-refractivity contribution in [2.45, 2.75) is 44.9 Å². The van der Waals surface area contributed by atoms with E-state index in [1.54, 1.807) is 6.08 Å². The topological polar surface area (TPSA) is 58.1 Å². The summed E-state index contributed by atoms with van der Waals surface area (Å²) in [5, 5.41) is 9.61. The fourth-order valence-electron chi connectivity index (χ4n) is 3.99. The monoisotopic (exact) mass is 336 g/mol. The Morgan fingerprint density at radius 1 is 1.32 bits per heavy atom. The minimum atomic E-state index is -0.696. The molecule has 4 heteroatoms. The SMILES string of the molecule is CN1/C(=C/C(=O)[C@H](C#N)C2=[NH+]CCCCC2)C(C)(C)c2ccccc21. The molecule has 1 N–H and O–H groups in total. The molecule has 0 aliphatic carbocycles. The van der Waals surface area contributed by atoms with Gasteiger partial charge in [-0.25, -0.2) is 4.99 Å². The number of nitriles is 1. The lowest BCUT2D eigenvalue weighted by atomic mass is 9.82. The normalized spacial score (nSPS) is 21.9. The van der Waals surface area contributed by atoms with Crippen LogP contribution in [-0.2, 0) is 10.2 Å². The van der Waals surface area contributed by atoms with Crippen LogP contribution in [-0.4, -0.2) is 25.1 Å². The Hall–Kier alpha value is -2.41. The van der Waals surface area contributed by atoms with Crippen LogP contribution in [0.25, 0.3) is 0 Å². The second kappa shape index (κ2) is 6.84. The number of rotatable bonds is 3. The van der Waals surface area contributed by atoms with Crippen LogP contribution in [0.1, 0.15) is 45.1 Å². The van der Waals surface area contributed by atoms with Gasteiger partial charge >= 0.3 is 0 Å². The number of likely N-dealkylation sites (N-methyl/N-ethyl adjacent to an activating group) is 1. The third kappa shape index (κ3) is 3.11. The summed E-state index contributed by atoms with van der Waals surface area (Å²) in [6.45, 7) is 5.12. The van der Waals surface area contributed by atoms with Crippen molar-refractivity contribution in [2.75, 3.05) is 18.5 Å². The number of nitrogens with zero attached hydrogens (tertiary/aromatic N) is 2. The van der Waals surface area contributed by atoms with E-state index in [0.717, 1.165) is 49.3 Å². The number of hydrogen-bond acceptors (Lipinski definition) is 3. The molecule has 0 spiro atoms. The summed E-state index contributed by atoms with van der Waals surface area (Å²) in [7, 11) is 1.99. The number of hydrogen-bond donors (Lipinski definition) is 1. The van der Waals surface area contributed by atoms with Gasteiger partial charge in [0.15, 0.2) is 17.4 Å². The van der Waals surface area contributed by atoms with Gasteiger partial charge in [0.25, 0.3) is 0 Å². The number of fused-ring (bicyclic) bond motifs is 1. The highest BCUT2D eigenvalue weighted by Gasteiger charge is 2.39. The molecule has 0 aromatic heterocycles. The first-order valence-corrected chi connectivity index (χ1v) is 9.05. The second-order valence-electron chi connectivity index (χ2n) is 7.46. The Kier molecular flexibility index (Phi) is 4.76.